The second kappa shape index (κ2) is 10.6. The van der Waals surface area contributed by atoms with Gasteiger partial charge in [-0.25, -0.2) is 0 Å². The molecule has 1 aliphatic rings. The Hall–Kier alpha value is -4.15. The van der Waals surface area contributed by atoms with Crippen molar-refractivity contribution in [2.24, 2.45) is 0 Å². The van der Waals surface area contributed by atoms with Crippen LogP contribution >= 0.6 is 0 Å². The average Bonchev–Trinajstić information content (AvgIpc) is 3.68. The molecular formula is C25H28N6O5. The van der Waals surface area contributed by atoms with E-state index >= 15 is 0 Å². The fourth-order valence-electron chi connectivity index (χ4n) is 4.47. The highest BCUT2D eigenvalue weighted by Gasteiger charge is 2.35. The van der Waals surface area contributed by atoms with Crippen LogP contribution in [0.25, 0.3) is 11.6 Å². The summed E-state index contributed by atoms with van der Waals surface area (Å²) in [6.07, 6.45) is 8.16. The maximum Gasteiger partial charge on any atom is 0.250 e. The molecule has 11 heteroatoms. The maximum atomic E-state index is 13.6. The molecule has 36 heavy (non-hydrogen) atoms. The molecule has 2 amide bonds. The molecule has 1 N–H and O–H groups in total. The molecular weight excluding hydrogens is 464 g/mol. The number of aryl methyl sites for hydroxylation is 1. The summed E-state index contributed by atoms with van der Waals surface area (Å²) in [5, 5.41) is 15.4. The molecule has 1 fully saturated rings. The van der Waals surface area contributed by atoms with Crippen molar-refractivity contribution in [3.8, 4) is 11.6 Å². The van der Waals surface area contributed by atoms with E-state index in [1.807, 2.05) is 6.92 Å². The maximum absolute atomic E-state index is 13.6. The molecule has 1 saturated carbocycles. The zero-order chi connectivity index (χ0) is 24.9. The molecule has 0 bridgehead atoms. The van der Waals surface area contributed by atoms with E-state index in [1.54, 1.807) is 36.4 Å². The number of nitrogens with one attached hydrogen (secondary N) is 1. The molecule has 0 unspecified atom stereocenters. The van der Waals surface area contributed by atoms with Gasteiger partial charge in [-0.2, -0.15) is 4.80 Å². The standard InChI is InChI=1S/C25H28N6O5/c1-17-11-12-21(36-17)24-27-29-31(28-24)16-22(32)30(15-19-9-5-13-34-19)23(20-10-6-14-35-20)25(33)26-18-7-3-2-4-8-18/h5-6,9-14,18,23H,2-4,7-8,15-16H2,1H3,(H,26,33)/t23-/m1/s1. The molecule has 0 aromatic carbocycles. The first-order chi connectivity index (χ1) is 17.6. The van der Waals surface area contributed by atoms with Crippen molar-refractivity contribution >= 4 is 11.8 Å². The van der Waals surface area contributed by atoms with Crippen molar-refractivity contribution in [3.63, 3.8) is 0 Å². The lowest BCUT2D eigenvalue weighted by Crippen LogP contribution is -2.47. The van der Waals surface area contributed by atoms with Gasteiger partial charge in [0.05, 0.1) is 19.1 Å². The van der Waals surface area contributed by atoms with Crippen LogP contribution in [0.4, 0.5) is 0 Å². The van der Waals surface area contributed by atoms with Crippen molar-refractivity contribution in [2.75, 3.05) is 0 Å². The summed E-state index contributed by atoms with van der Waals surface area (Å²) in [5.74, 6) is 1.64. The van der Waals surface area contributed by atoms with Crippen LogP contribution in [0.2, 0.25) is 0 Å². The number of hydrogen-bond donors (Lipinski definition) is 1. The Morgan fingerprint density at radius 1 is 1.11 bits per heavy atom. The van der Waals surface area contributed by atoms with Gasteiger partial charge in [-0.15, -0.1) is 10.2 Å². The lowest BCUT2D eigenvalue weighted by molar-refractivity contribution is -0.143. The number of hydrogen-bond acceptors (Lipinski definition) is 8. The molecule has 1 atom stereocenters. The molecule has 5 rings (SSSR count). The summed E-state index contributed by atoms with van der Waals surface area (Å²) in [5.41, 5.74) is 0. The van der Waals surface area contributed by atoms with Crippen LogP contribution in [0.3, 0.4) is 0 Å². The fraction of sp³-hybridized carbons (Fsp3) is 0.400. The van der Waals surface area contributed by atoms with E-state index in [-0.39, 0.29) is 30.9 Å². The average molecular weight is 493 g/mol. The third-order valence-electron chi connectivity index (χ3n) is 6.24. The molecule has 1 aliphatic carbocycles. The van der Waals surface area contributed by atoms with Gasteiger partial charge in [0, 0.05) is 6.04 Å². The number of carbonyl (C=O) groups is 2. The highest BCUT2D eigenvalue weighted by atomic mass is 16.3. The minimum atomic E-state index is -0.991. The second-order valence-electron chi connectivity index (χ2n) is 8.92. The van der Waals surface area contributed by atoms with Gasteiger partial charge in [0.25, 0.3) is 5.91 Å². The van der Waals surface area contributed by atoms with Crippen LogP contribution in [-0.2, 0) is 22.7 Å². The van der Waals surface area contributed by atoms with Crippen molar-refractivity contribution in [1.82, 2.24) is 30.4 Å². The second-order valence-corrected chi connectivity index (χ2v) is 8.92. The number of furan rings is 3. The van der Waals surface area contributed by atoms with Crippen LogP contribution in [0.1, 0.15) is 55.4 Å². The van der Waals surface area contributed by atoms with Gasteiger partial charge in [-0.05, 0) is 61.4 Å². The largest absolute Gasteiger partial charge is 0.467 e. The van der Waals surface area contributed by atoms with E-state index in [1.165, 1.54) is 28.6 Å². The van der Waals surface area contributed by atoms with Crippen molar-refractivity contribution in [1.29, 1.82) is 0 Å². The van der Waals surface area contributed by atoms with Crippen molar-refractivity contribution in [3.05, 3.63) is 66.2 Å². The Balaban J connectivity index is 1.40. The first-order valence-electron chi connectivity index (χ1n) is 12.1. The third kappa shape index (κ3) is 5.40. The Labute approximate surface area is 207 Å². The molecule has 0 aliphatic heterocycles. The first-order valence-corrected chi connectivity index (χ1v) is 12.1. The zero-order valence-corrected chi connectivity index (χ0v) is 20.0. The lowest BCUT2D eigenvalue weighted by atomic mass is 9.95. The Morgan fingerprint density at radius 2 is 1.92 bits per heavy atom. The fourth-order valence-corrected chi connectivity index (χ4v) is 4.47. The zero-order valence-electron chi connectivity index (χ0n) is 20.0. The molecule has 4 heterocycles. The van der Waals surface area contributed by atoms with Crippen molar-refractivity contribution in [2.45, 2.75) is 64.2 Å². The smallest absolute Gasteiger partial charge is 0.250 e. The monoisotopic (exact) mass is 492 g/mol. The predicted octanol–water partition coefficient (Wildman–Crippen LogP) is 3.65. The summed E-state index contributed by atoms with van der Waals surface area (Å²) in [6, 6.07) is 9.49. The van der Waals surface area contributed by atoms with E-state index < -0.39 is 11.9 Å². The van der Waals surface area contributed by atoms with E-state index in [9.17, 15) is 9.59 Å². The number of amides is 2. The van der Waals surface area contributed by atoms with Gasteiger partial charge in [-0.1, -0.05) is 19.3 Å². The molecule has 11 nitrogen and oxygen atoms in total. The minimum absolute atomic E-state index is 0.0637. The molecule has 0 saturated heterocycles. The van der Waals surface area contributed by atoms with E-state index in [0.29, 0.717) is 23.0 Å². The molecule has 4 aromatic heterocycles. The summed E-state index contributed by atoms with van der Waals surface area (Å²) in [4.78, 5) is 29.8. The topological polar surface area (TPSA) is 132 Å². The number of aromatic nitrogens is 4. The minimum Gasteiger partial charge on any atom is -0.467 e. The van der Waals surface area contributed by atoms with Crippen LogP contribution in [0.5, 0.6) is 0 Å². The summed E-state index contributed by atoms with van der Waals surface area (Å²) in [7, 11) is 0. The van der Waals surface area contributed by atoms with Gasteiger partial charge < -0.3 is 23.5 Å². The van der Waals surface area contributed by atoms with E-state index in [0.717, 1.165) is 25.7 Å². The summed E-state index contributed by atoms with van der Waals surface area (Å²) >= 11 is 0. The van der Waals surface area contributed by atoms with Crippen LogP contribution < -0.4 is 5.32 Å². The number of rotatable bonds is 9. The van der Waals surface area contributed by atoms with Crippen molar-refractivity contribution < 1.29 is 22.8 Å². The quantitative estimate of drug-likeness (QED) is 0.374. The number of carbonyl (C=O) groups excluding carboxylic acids is 2. The Kier molecular flexibility index (Phi) is 6.96. The Bertz CT molecular complexity index is 1270. The number of nitrogens with zero attached hydrogens (tertiary/aromatic N) is 5. The van der Waals surface area contributed by atoms with Gasteiger partial charge >= 0.3 is 0 Å². The summed E-state index contributed by atoms with van der Waals surface area (Å²) in [6.45, 7) is 1.65. The van der Waals surface area contributed by atoms with Crippen LogP contribution in [0.15, 0.2) is 62.2 Å². The van der Waals surface area contributed by atoms with Crippen LogP contribution in [-0.4, -0.2) is 43.0 Å². The molecule has 0 radical (unpaired) electrons. The SMILES string of the molecule is Cc1ccc(-c2nnn(CC(=O)N(Cc3ccco3)[C@@H](C(=O)NC3CCCCC3)c3ccco3)n2)o1. The normalized spacial score (nSPS) is 15.0. The van der Waals surface area contributed by atoms with Crippen LogP contribution in [0, 0.1) is 6.92 Å². The van der Waals surface area contributed by atoms with Gasteiger partial charge in [0.2, 0.25) is 11.7 Å². The van der Waals surface area contributed by atoms with E-state index in [2.05, 4.69) is 20.7 Å². The predicted molar refractivity (Wildman–Crippen MR) is 126 cm³/mol. The highest BCUT2D eigenvalue weighted by molar-refractivity contribution is 5.88. The van der Waals surface area contributed by atoms with E-state index in [4.69, 9.17) is 13.3 Å². The molecule has 188 valence electrons. The van der Waals surface area contributed by atoms with Gasteiger partial charge in [0.1, 0.15) is 23.8 Å². The summed E-state index contributed by atoms with van der Waals surface area (Å²) < 4.78 is 16.7. The lowest BCUT2D eigenvalue weighted by Gasteiger charge is -2.31. The highest BCUT2D eigenvalue weighted by Crippen LogP contribution is 2.27. The number of tetrazole rings is 1. The molecule has 4 aromatic rings. The Morgan fingerprint density at radius 3 is 2.61 bits per heavy atom. The first kappa shape index (κ1) is 23.6. The van der Waals surface area contributed by atoms with Gasteiger partial charge in [0.15, 0.2) is 11.8 Å². The van der Waals surface area contributed by atoms with Gasteiger partial charge in [-0.3, -0.25) is 9.59 Å². The molecule has 0 spiro atoms. The third-order valence-corrected chi connectivity index (χ3v) is 6.24.